The van der Waals surface area contributed by atoms with Gasteiger partial charge in [0.15, 0.2) is 0 Å². The van der Waals surface area contributed by atoms with E-state index < -0.39 is 34.1 Å². The van der Waals surface area contributed by atoms with Gasteiger partial charge in [-0.1, -0.05) is 12.8 Å². The van der Waals surface area contributed by atoms with Gasteiger partial charge in [0.2, 0.25) is 15.9 Å². The number of carbonyl (C=O) groups is 1. The number of hydrogen-bond acceptors (Lipinski definition) is 4. The van der Waals surface area contributed by atoms with Crippen molar-refractivity contribution < 1.29 is 22.0 Å². The first-order valence-electron chi connectivity index (χ1n) is 8.08. The maximum absolute atomic E-state index is 13.9. The van der Waals surface area contributed by atoms with Crippen molar-refractivity contribution in [3.63, 3.8) is 0 Å². The van der Waals surface area contributed by atoms with Gasteiger partial charge in [0, 0.05) is 23.6 Å². The van der Waals surface area contributed by atoms with Crippen LogP contribution in [0.1, 0.15) is 25.7 Å². The number of rotatable bonds is 8. The third-order valence-corrected chi connectivity index (χ3v) is 6.46. The van der Waals surface area contributed by atoms with E-state index in [0.29, 0.717) is 22.2 Å². The van der Waals surface area contributed by atoms with Crippen molar-refractivity contribution in [2.45, 2.75) is 30.9 Å². The number of hydrogen-bond donors (Lipinski definition) is 1. The molecule has 0 saturated heterocycles. The summed E-state index contributed by atoms with van der Waals surface area (Å²) in [5.41, 5.74) is -0.348. The highest BCUT2D eigenvalue weighted by molar-refractivity contribution is 7.99. The second kappa shape index (κ2) is 8.84. The molecule has 1 fully saturated rings. The van der Waals surface area contributed by atoms with Crippen LogP contribution in [0.2, 0.25) is 0 Å². The molecular weight excluding hydrogens is 370 g/mol. The maximum atomic E-state index is 13.9. The summed E-state index contributed by atoms with van der Waals surface area (Å²) in [4.78, 5) is 12.0. The molecule has 0 atom stereocenters. The Bertz CT molecular complexity index is 707. The summed E-state index contributed by atoms with van der Waals surface area (Å²) in [6.07, 6.45) is 5.76. The van der Waals surface area contributed by atoms with E-state index in [1.807, 2.05) is 0 Å². The molecule has 140 valence electrons. The van der Waals surface area contributed by atoms with Gasteiger partial charge in [-0.15, -0.1) is 0 Å². The first kappa shape index (κ1) is 20.0. The van der Waals surface area contributed by atoms with Gasteiger partial charge >= 0.3 is 0 Å². The normalized spacial score (nSPS) is 15.3. The summed E-state index contributed by atoms with van der Waals surface area (Å²) in [5.74, 6) is -1.63. The molecule has 25 heavy (non-hydrogen) atoms. The van der Waals surface area contributed by atoms with Gasteiger partial charge < -0.3 is 5.32 Å². The molecule has 1 aliphatic rings. The quantitative estimate of drug-likeness (QED) is 0.691. The number of anilines is 1. The fraction of sp³-hybridized carbons (Fsp3) is 0.562. The van der Waals surface area contributed by atoms with Gasteiger partial charge in [0.05, 0.1) is 11.9 Å². The Labute approximate surface area is 151 Å². The zero-order chi connectivity index (χ0) is 18.4. The van der Waals surface area contributed by atoms with Gasteiger partial charge in [-0.3, -0.25) is 9.10 Å². The van der Waals surface area contributed by atoms with E-state index in [1.165, 1.54) is 25.7 Å². The second-order valence-corrected chi connectivity index (χ2v) is 9.31. The Morgan fingerprint density at radius 2 is 2.00 bits per heavy atom. The number of nitrogens with one attached hydrogen (secondary N) is 1. The number of sulfonamides is 1. The molecule has 5 nitrogen and oxygen atoms in total. The van der Waals surface area contributed by atoms with Crippen LogP contribution in [0.25, 0.3) is 0 Å². The number of amides is 1. The minimum atomic E-state index is -3.89. The SMILES string of the molecule is CS(=O)(=O)N(CC(=O)NCCSC1CCCC1)c1ccc(F)cc1F. The second-order valence-electron chi connectivity index (χ2n) is 5.99. The molecule has 0 aromatic heterocycles. The lowest BCUT2D eigenvalue weighted by atomic mass is 10.3. The van der Waals surface area contributed by atoms with E-state index in [2.05, 4.69) is 5.32 Å². The number of thioether (sulfide) groups is 1. The Hall–Kier alpha value is -1.35. The van der Waals surface area contributed by atoms with Crippen molar-refractivity contribution in [2.24, 2.45) is 0 Å². The molecule has 1 aliphatic carbocycles. The van der Waals surface area contributed by atoms with Crippen molar-refractivity contribution in [1.29, 1.82) is 0 Å². The van der Waals surface area contributed by atoms with E-state index in [9.17, 15) is 22.0 Å². The number of benzene rings is 1. The summed E-state index contributed by atoms with van der Waals surface area (Å²) in [6, 6.07) is 2.55. The van der Waals surface area contributed by atoms with Gasteiger partial charge in [0.25, 0.3) is 0 Å². The molecule has 0 aliphatic heterocycles. The van der Waals surface area contributed by atoms with Crippen molar-refractivity contribution in [1.82, 2.24) is 5.32 Å². The van der Waals surface area contributed by atoms with Crippen molar-refractivity contribution in [2.75, 3.05) is 29.4 Å². The van der Waals surface area contributed by atoms with Crippen LogP contribution < -0.4 is 9.62 Å². The molecule has 0 spiro atoms. The Kier molecular flexibility index (Phi) is 7.06. The summed E-state index contributed by atoms with van der Waals surface area (Å²) in [7, 11) is -3.89. The van der Waals surface area contributed by atoms with Crippen molar-refractivity contribution >= 4 is 33.4 Å². The van der Waals surface area contributed by atoms with Gasteiger partial charge in [-0.25, -0.2) is 17.2 Å². The zero-order valence-corrected chi connectivity index (χ0v) is 15.6. The van der Waals surface area contributed by atoms with E-state index in [4.69, 9.17) is 0 Å². The van der Waals surface area contributed by atoms with E-state index in [1.54, 1.807) is 11.8 Å². The fourth-order valence-corrected chi connectivity index (χ4v) is 4.80. The van der Waals surface area contributed by atoms with E-state index >= 15 is 0 Å². The van der Waals surface area contributed by atoms with E-state index in [0.717, 1.165) is 24.1 Å². The largest absolute Gasteiger partial charge is 0.354 e. The first-order valence-corrected chi connectivity index (χ1v) is 11.0. The maximum Gasteiger partial charge on any atom is 0.240 e. The number of carbonyl (C=O) groups excluding carboxylic acids is 1. The molecular formula is C16H22F2N2O3S2. The molecule has 0 heterocycles. The highest BCUT2D eigenvalue weighted by Gasteiger charge is 2.24. The zero-order valence-electron chi connectivity index (χ0n) is 14.0. The molecule has 2 rings (SSSR count). The molecule has 1 aromatic rings. The third-order valence-electron chi connectivity index (χ3n) is 3.95. The first-order chi connectivity index (χ1) is 11.8. The third kappa shape index (κ3) is 6.14. The lowest BCUT2D eigenvalue weighted by molar-refractivity contribution is -0.119. The predicted molar refractivity (Wildman–Crippen MR) is 96.3 cm³/mol. The molecule has 1 aromatic carbocycles. The Morgan fingerprint density at radius 1 is 1.32 bits per heavy atom. The number of nitrogens with zero attached hydrogens (tertiary/aromatic N) is 1. The molecule has 0 bridgehead atoms. The lowest BCUT2D eigenvalue weighted by Gasteiger charge is -2.22. The molecule has 0 unspecified atom stereocenters. The van der Waals surface area contributed by atoms with E-state index in [-0.39, 0.29) is 5.69 Å². The van der Waals surface area contributed by atoms with Crippen LogP contribution in [0.3, 0.4) is 0 Å². The minimum Gasteiger partial charge on any atom is -0.354 e. The summed E-state index contributed by atoms with van der Waals surface area (Å²) >= 11 is 1.80. The van der Waals surface area contributed by atoms with Gasteiger partial charge in [-0.2, -0.15) is 11.8 Å². The molecule has 0 radical (unpaired) electrons. The number of halogens is 2. The van der Waals surface area contributed by atoms with Crippen LogP contribution in [-0.2, 0) is 14.8 Å². The average Bonchev–Trinajstić information content (AvgIpc) is 3.02. The Morgan fingerprint density at radius 3 is 2.60 bits per heavy atom. The average molecular weight is 392 g/mol. The minimum absolute atomic E-state index is 0.348. The highest BCUT2D eigenvalue weighted by Crippen LogP contribution is 2.28. The van der Waals surface area contributed by atoms with Crippen LogP contribution in [0.15, 0.2) is 18.2 Å². The van der Waals surface area contributed by atoms with Crippen molar-refractivity contribution in [3.8, 4) is 0 Å². The fourth-order valence-electron chi connectivity index (χ4n) is 2.72. The Balaban J connectivity index is 1.91. The standard InChI is InChI=1S/C16H22F2N2O3S2/c1-25(22,23)20(15-7-6-12(17)10-14(15)18)11-16(21)19-8-9-24-13-4-2-3-5-13/h6-7,10,13H,2-5,8-9,11H2,1H3,(H,19,21). The van der Waals surface area contributed by atoms with Crippen LogP contribution in [0.5, 0.6) is 0 Å². The van der Waals surface area contributed by atoms with Gasteiger partial charge in [-0.05, 0) is 25.0 Å². The molecule has 1 amide bonds. The van der Waals surface area contributed by atoms with Crippen LogP contribution in [0, 0.1) is 11.6 Å². The lowest BCUT2D eigenvalue weighted by Crippen LogP contribution is -2.41. The monoisotopic (exact) mass is 392 g/mol. The van der Waals surface area contributed by atoms with Crippen molar-refractivity contribution in [3.05, 3.63) is 29.8 Å². The van der Waals surface area contributed by atoms with Crippen LogP contribution >= 0.6 is 11.8 Å². The summed E-state index contributed by atoms with van der Waals surface area (Å²) in [5, 5.41) is 3.28. The van der Waals surface area contributed by atoms with Crippen LogP contribution in [-0.4, -0.2) is 44.7 Å². The van der Waals surface area contributed by atoms with Gasteiger partial charge in [0.1, 0.15) is 18.2 Å². The topological polar surface area (TPSA) is 66.5 Å². The highest BCUT2D eigenvalue weighted by atomic mass is 32.2. The summed E-state index contributed by atoms with van der Waals surface area (Å²) < 4.78 is 51.3. The summed E-state index contributed by atoms with van der Waals surface area (Å²) in [6.45, 7) is -0.126. The molecule has 1 saturated carbocycles. The predicted octanol–water partition coefficient (Wildman–Crippen LogP) is 2.52. The van der Waals surface area contributed by atoms with Crippen LogP contribution in [0.4, 0.5) is 14.5 Å². The molecule has 9 heteroatoms. The molecule has 1 N–H and O–H groups in total. The smallest absolute Gasteiger partial charge is 0.240 e.